The van der Waals surface area contributed by atoms with Crippen molar-refractivity contribution in [3.05, 3.63) is 320 Å². The summed E-state index contributed by atoms with van der Waals surface area (Å²) in [5.41, 5.74) is 23.0. The quantitative estimate of drug-likeness (QED) is 0.0144. The molecule has 14 rings (SSSR count). The van der Waals surface area contributed by atoms with E-state index in [9.17, 15) is 43.2 Å². The summed E-state index contributed by atoms with van der Waals surface area (Å²) in [6, 6.07) is 25.6. The van der Waals surface area contributed by atoms with Gasteiger partial charge in [-0.05, 0) is 210 Å². The highest BCUT2D eigenvalue weighted by molar-refractivity contribution is 6.69. The molecule has 37 nitrogen and oxygen atoms in total. The second kappa shape index (κ2) is 52.9. The normalized spacial score (nSPS) is 10.4. The molecule has 2 amide bonds. The van der Waals surface area contributed by atoms with Crippen molar-refractivity contribution in [2.24, 2.45) is 11.5 Å². The Labute approximate surface area is 809 Å². The average molecular weight is 2050 g/mol. The second-order valence-electron chi connectivity index (χ2n) is 26.4. The number of rotatable bonds is 19. The molecule has 0 aliphatic carbocycles. The average Bonchev–Trinajstić information content (AvgIpc) is 1.12. The van der Waals surface area contributed by atoms with Gasteiger partial charge in [-0.1, -0.05) is 163 Å². The number of primary amides is 2. The first-order valence-corrected chi connectivity index (χ1v) is 42.6. The number of anilines is 1. The molecule has 132 heavy (non-hydrogen) atoms. The Morgan fingerprint density at radius 2 is 0.848 bits per heavy atom. The first kappa shape index (κ1) is 109. The van der Waals surface area contributed by atoms with E-state index in [4.69, 9.17) is 198 Å². The number of carbonyl (C=O) groups is 4. The Morgan fingerprint density at radius 1 is 0.485 bits per heavy atom. The highest BCUT2D eigenvalue weighted by Gasteiger charge is 2.21. The molecule has 0 fully saturated rings. The van der Waals surface area contributed by atoms with Crippen LogP contribution in [0.2, 0.25) is 51.3 Å². The lowest BCUT2D eigenvalue weighted by molar-refractivity contribution is -0.282. The number of nitrogens with zero attached hydrogens (tertiary/aromatic N) is 17. The number of ether oxygens (including phenoxy) is 3. The standard InChI is InChI=1S/C20H15ClN6O3.C11H10Cl2N2O2.C9H6N4O.C8H6ClN3O.C7H4Cl3NO.C7H6Cl2N2O.C7H5Cl2NO2.C7H8ClN3O.C7H16O3/c1-12-9-15(22-2)24-18-17(12)19(28)26(11-23-18)10-16-25-27(20(29)30-16)8-7-13-3-5-14(21)6-4-13;12-7-10-14-15(11(16)17-10)6-5-8-1-3-9(13)4-2-8;1-5-3-6(10-2)13-8-7(5)9(14)12-4-11-8;1-4-2-5(9)12-7-6(4)8(13)11-3-10-7;2*1-3-2-4(8)11-6(9)5(3)7(10)12;1-3-2-4(8)10-6(9)5(3)7(11)12;1-3-2-4(8)11-6(9)5(3)7(10)12;1-4-8-7(9-5-2)10-6-3/h3-6,9,11H,7-8,10H2,1H3;1-4H,5-7H2;3-4H,1H3,(H,11,12,13,14);2-3H,1H3,(H,10,11,12,13);2H,1H3;2H,1H3,(H2,10,12);2H,1H3,(H,11,12);2H,1H3,(H2,9,11)(H2,10,12);7H,4-6H2,1-3H3. The summed E-state index contributed by atoms with van der Waals surface area (Å²) in [4.78, 5) is 152. The van der Waals surface area contributed by atoms with Crippen LogP contribution in [0.25, 0.3) is 42.8 Å². The number of benzene rings is 2. The number of hydrogen-bond acceptors (Lipinski definition) is 27. The number of carboxylic acids is 1. The molecule has 0 aliphatic rings. The predicted octanol–water partition coefficient (Wildman–Crippen LogP) is 17.0. The zero-order valence-electron chi connectivity index (χ0n) is 70.9. The van der Waals surface area contributed by atoms with Gasteiger partial charge in [0.2, 0.25) is 11.8 Å². The van der Waals surface area contributed by atoms with Gasteiger partial charge in [0, 0.05) is 29.9 Å². The molecule has 49 heteroatoms. The number of nitrogens with two attached hydrogens (primary N) is 3. The van der Waals surface area contributed by atoms with Crippen LogP contribution in [0.1, 0.15) is 124 Å². The Hall–Kier alpha value is -12.0. The zero-order valence-corrected chi connectivity index (χ0v) is 79.9. The monoisotopic (exact) mass is 2040 g/mol. The number of aromatic amines is 2. The lowest BCUT2D eigenvalue weighted by Crippen LogP contribution is -2.22. The first-order chi connectivity index (χ1) is 62.5. The molecule has 0 saturated heterocycles. The zero-order chi connectivity index (χ0) is 98.1. The number of aromatic nitrogens is 17. The fraction of sp³-hybridized carbons (Fsp3) is 0.241. The fourth-order valence-electron chi connectivity index (χ4n) is 11.1. The van der Waals surface area contributed by atoms with E-state index in [1.165, 1.54) is 63.2 Å². The number of pyridine rings is 7. The Kier molecular flexibility index (Phi) is 43.6. The van der Waals surface area contributed by atoms with E-state index < -0.39 is 41.0 Å². The highest BCUT2D eigenvalue weighted by Crippen LogP contribution is 2.27. The molecule has 0 aliphatic heterocycles. The third kappa shape index (κ3) is 32.8. The summed E-state index contributed by atoms with van der Waals surface area (Å²) < 4.78 is 29.0. The van der Waals surface area contributed by atoms with Crippen LogP contribution in [-0.4, -0.2) is 138 Å². The van der Waals surface area contributed by atoms with Gasteiger partial charge in [0.15, 0.2) is 5.65 Å². The van der Waals surface area contributed by atoms with Crippen molar-refractivity contribution >= 4 is 213 Å². The van der Waals surface area contributed by atoms with E-state index in [0.29, 0.717) is 116 Å². The molecule has 12 aromatic heterocycles. The van der Waals surface area contributed by atoms with Gasteiger partial charge in [0.25, 0.3) is 63.1 Å². The molecule has 0 atom stereocenters. The van der Waals surface area contributed by atoms with Crippen molar-refractivity contribution in [2.75, 3.05) is 25.6 Å². The molecule has 0 bridgehead atoms. The van der Waals surface area contributed by atoms with E-state index >= 15 is 0 Å². The van der Waals surface area contributed by atoms with Gasteiger partial charge >= 0.3 is 17.5 Å². The maximum atomic E-state index is 12.8. The number of aryl methyl sites for hydroxylation is 11. The van der Waals surface area contributed by atoms with E-state index in [1.54, 1.807) is 72.7 Å². The van der Waals surface area contributed by atoms with Gasteiger partial charge in [0.1, 0.15) is 76.6 Å². The van der Waals surface area contributed by atoms with Crippen molar-refractivity contribution in [1.82, 2.24) is 83.9 Å². The molecular formula is C83H76Cl12N22O15. The maximum absolute atomic E-state index is 12.8. The largest absolute Gasteiger partial charge is 0.478 e. The summed E-state index contributed by atoms with van der Waals surface area (Å²) in [6.45, 7) is 33.7. The van der Waals surface area contributed by atoms with Crippen LogP contribution in [0.4, 0.5) is 17.5 Å². The van der Waals surface area contributed by atoms with E-state index in [-0.39, 0.29) is 122 Å². The molecule has 2 aromatic carbocycles. The molecule has 9 N–H and O–H groups in total. The summed E-state index contributed by atoms with van der Waals surface area (Å²) in [5.74, 6) is -2.40. The number of halogens is 12. The summed E-state index contributed by atoms with van der Waals surface area (Å²) in [5, 5.41) is 20.1. The van der Waals surface area contributed by atoms with Crippen LogP contribution < -0.4 is 45.4 Å². The van der Waals surface area contributed by atoms with E-state index in [2.05, 4.69) is 79.7 Å². The third-order valence-electron chi connectivity index (χ3n) is 17.0. The van der Waals surface area contributed by atoms with Gasteiger partial charge in [0.05, 0.1) is 53.4 Å². The lowest BCUT2D eigenvalue weighted by Gasteiger charge is -2.15. The molecule has 0 unspecified atom stereocenters. The molecular weight excluding hydrogens is 1970 g/mol. The molecule has 692 valence electrons. The third-order valence-corrected chi connectivity index (χ3v) is 19.7. The van der Waals surface area contributed by atoms with Crippen LogP contribution in [-0.2, 0) is 52.6 Å². The van der Waals surface area contributed by atoms with Crippen LogP contribution in [0.5, 0.6) is 0 Å². The number of carbonyl (C=O) groups excluding carboxylic acids is 3. The maximum Gasteiger partial charge on any atom is 0.437 e. The van der Waals surface area contributed by atoms with E-state index in [0.717, 1.165) is 22.3 Å². The van der Waals surface area contributed by atoms with Crippen molar-refractivity contribution in [1.29, 1.82) is 0 Å². The molecule has 12 heterocycles. The number of hydrogen-bond donors (Lipinski definition) is 6. The summed E-state index contributed by atoms with van der Waals surface area (Å²) >= 11 is 67.2. The summed E-state index contributed by atoms with van der Waals surface area (Å²) in [7, 11) is 0. The predicted molar refractivity (Wildman–Crippen MR) is 505 cm³/mol. The number of fused-ring (bicyclic) bond motifs is 3. The number of nitrogens with one attached hydrogen (secondary N) is 2. The minimum absolute atomic E-state index is 0.000988. The Bertz CT molecular complexity index is 6510. The van der Waals surface area contributed by atoms with Gasteiger partial charge in [-0.2, -0.15) is 19.3 Å². The lowest BCUT2D eigenvalue weighted by atomic mass is 10.1. The number of H-pyrrole nitrogens is 2. The first-order valence-electron chi connectivity index (χ1n) is 37.9. The highest BCUT2D eigenvalue weighted by atomic mass is 35.5. The minimum atomic E-state index is -1.10. The summed E-state index contributed by atoms with van der Waals surface area (Å²) in [6.07, 6.45) is 5.16. The number of aromatic carboxylic acids is 1. The van der Waals surface area contributed by atoms with Gasteiger partial charge in [-0.25, -0.2) is 44.3 Å². The van der Waals surface area contributed by atoms with Crippen molar-refractivity contribution < 1.29 is 47.3 Å². The van der Waals surface area contributed by atoms with E-state index in [1.807, 2.05) is 57.2 Å². The van der Waals surface area contributed by atoms with Crippen LogP contribution in [0.3, 0.4) is 0 Å². The number of amides is 2. The Balaban J connectivity index is 0.000000235. The van der Waals surface area contributed by atoms with Gasteiger partial charge < -0.3 is 65.0 Å². The number of nitrogen functional groups attached to an aromatic ring is 1. The molecule has 14 aromatic rings. The van der Waals surface area contributed by atoms with Gasteiger partial charge in [-0.3, -0.25) is 33.3 Å². The van der Waals surface area contributed by atoms with Crippen LogP contribution in [0, 0.1) is 61.6 Å². The minimum Gasteiger partial charge on any atom is -0.478 e. The van der Waals surface area contributed by atoms with Crippen LogP contribution in [0.15, 0.2) is 143 Å². The molecule has 0 radical (unpaired) electrons. The molecule has 0 spiro atoms. The number of carboxylic acid groups (broad SMARTS) is 1. The number of alkyl halides is 1. The Morgan fingerprint density at radius 3 is 1.23 bits per heavy atom. The van der Waals surface area contributed by atoms with Crippen molar-refractivity contribution in [3.63, 3.8) is 0 Å². The second-order valence-corrected chi connectivity index (χ2v) is 30.9. The SMILES string of the molecule is CCOC(OCC)OCC.Cc1cc(Cl)nc(Cl)c1C(=O)Cl.Cc1cc(Cl)nc(Cl)c1C(=O)O.Cc1cc(Cl)nc(Cl)c1C(N)=O.Cc1cc(Cl)nc(N)c1C(N)=O.Cc1cc(Cl)nc2nc[nH]c(=O)c12.O=c1oc(CCl)nn1CCc1ccc(Cl)cc1.[C-]#[N+]c1cc(C)c2c(=O)[nH]cnc2n1.[C-]#[N+]c1cc(C)c2c(=O)n(Cc3nn(CCc4ccc(Cl)cc4)c(=O)o3)cnc2n1. The fourth-order valence-corrected chi connectivity index (χ4v) is 14.1. The smallest absolute Gasteiger partial charge is 0.437 e. The van der Waals surface area contributed by atoms with Crippen molar-refractivity contribution in [2.45, 2.75) is 114 Å². The van der Waals surface area contributed by atoms with Crippen molar-refractivity contribution in [3.8, 4) is 0 Å². The topological polar surface area (TPSA) is 516 Å². The molecule has 0 saturated carbocycles. The van der Waals surface area contributed by atoms with Gasteiger partial charge in [-0.15, -0.1) is 21.8 Å². The van der Waals surface area contributed by atoms with Crippen LogP contribution >= 0.6 is 139 Å².